The summed E-state index contributed by atoms with van der Waals surface area (Å²) in [6.45, 7) is 5.56. The van der Waals surface area contributed by atoms with E-state index in [0.29, 0.717) is 6.42 Å². The smallest absolute Gasteiger partial charge is 0.115 e. The van der Waals surface area contributed by atoms with Crippen molar-refractivity contribution in [3.63, 3.8) is 0 Å². The van der Waals surface area contributed by atoms with Crippen molar-refractivity contribution in [3.05, 3.63) is 24.8 Å². The summed E-state index contributed by atoms with van der Waals surface area (Å²) in [5.41, 5.74) is 0. The van der Waals surface area contributed by atoms with Crippen LogP contribution < -0.4 is 0 Å². The molecule has 0 spiro atoms. The van der Waals surface area contributed by atoms with Crippen molar-refractivity contribution in [2.24, 2.45) is 0 Å². The summed E-state index contributed by atoms with van der Waals surface area (Å²) in [5.74, 6) is 10.9. The van der Waals surface area contributed by atoms with Crippen molar-refractivity contribution in [1.29, 1.82) is 0 Å². The SMILES string of the molecule is C=CCCC/C=C/CC#CC#C[C@@H](O)CC. The molecular weight excluding hydrogens is 196 g/mol. The quantitative estimate of drug-likeness (QED) is 0.411. The zero-order valence-electron chi connectivity index (χ0n) is 10.00. The Morgan fingerprint density at radius 2 is 2.06 bits per heavy atom. The number of allylic oxidation sites excluding steroid dienone is 3. The normalized spacial score (nSPS) is 11.1. The number of rotatable bonds is 6. The summed E-state index contributed by atoms with van der Waals surface area (Å²) in [4.78, 5) is 0. The number of aliphatic hydroxyl groups excluding tert-OH is 1. The third-order valence-electron chi connectivity index (χ3n) is 1.94. The zero-order valence-corrected chi connectivity index (χ0v) is 10.00. The summed E-state index contributed by atoms with van der Waals surface area (Å²) in [7, 11) is 0. The molecule has 1 atom stereocenters. The van der Waals surface area contributed by atoms with Crippen LogP contribution >= 0.6 is 0 Å². The van der Waals surface area contributed by atoms with E-state index in [1.54, 1.807) is 0 Å². The van der Waals surface area contributed by atoms with Gasteiger partial charge in [-0.2, -0.15) is 0 Å². The third-order valence-corrected chi connectivity index (χ3v) is 1.94. The Balaban J connectivity index is 3.59. The first-order valence-corrected chi connectivity index (χ1v) is 5.73. The minimum absolute atomic E-state index is 0.538. The lowest BCUT2D eigenvalue weighted by atomic mass is 10.2. The minimum atomic E-state index is -0.538. The maximum Gasteiger partial charge on any atom is 0.115 e. The summed E-state index contributed by atoms with van der Waals surface area (Å²) in [5, 5.41) is 9.12. The van der Waals surface area contributed by atoms with E-state index in [0.717, 1.165) is 25.7 Å². The van der Waals surface area contributed by atoms with E-state index in [9.17, 15) is 0 Å². The molecule has 1 nitrogen and oxygen atoms in total. The van der Waals surface area contributed by atoms with Crippen molar-refractivity contribution in [1.82, 2.24) is 0 Å². The van der Waals surface area contributed by atoms with Crippen LogP contribution in [0.5, 0.6) is 0 Å². The van der Waals surface area contributed by atoms with Crippen LogP contribution in [0, 0.1) is 23.7 Å². The Labute approximate surface area is 99.3 Å². The molecule has 0 radical (unpaired) electrons. The first-order valence-electron chi connectivity index (χ1n) is 5.73. The van der Waals surface area contributed by atoms with Crippen molar-refractivity contribution in [2.45, 2.75) is 45.1 Å². The first-order chi connectivity index (χ1) is 7.81. The minimum Gasteiger partial charge on any atom is -0.380 e. The zero-order chi connectivity index (χ0) is 12.1. The fourth-order valence-corrected chi connectivity index (χ4v) is 0.957. The predicted molar refractivity (Wildman–Crippen MR) is 69.7 cm³/mol. The molecular formula is C15H20O. The molecule has 0 rings (SSSR count). The highest BCUT2D eigenvalue weighted by molar-refractivity contribution is 5.27. The van der Waals surface area contributed by atoms with E-state index in [2.05, 4.69) is 36.3 Å². The molecule has 0 aliphatic heterocycles. The van der Waals surface area contributed by atoms with Gasteiger partial charge in [0.2, 0.25) is 0 Å². The number of aliphatic hydroxyl groups is 1. The van der Waals surface area contributed by atoms with Gasteiger partial charge in [-0.3, -0.25) is 0 Å². The molecule has 0 aromatic heterocycles. The molecule has 0 aromatic carbocycles. The molecule has 0 saturated heterocycles. The second kappa shape index (κ2) is 11.6. The molecule has 86 valence electrons. The fraction of sp³-hybridized carbons (Fsp3) is 0.467. The second-order valence-corrected chi connectivity index (χ2v) is 3.39. The molecule has 0 aromatic rings. The van der Waals surface area contributed by atoms with E-state index in [4.69, 9.17) is 5.11 Å². The molecule has 0 aliphatic rings. The van der Waals surface area contributed by atoms with E-state index >= 15 is 0 Å². The van der Waals surface area contributed by atoms with Gasteiger partial charge in [-0.25, -0.2) is 0 Å². The lowest BCUT2D eigenvalue weighted by molar-refractivity contribution is 0.228. The molecule has 1 N–H and O–H groups in total. The summed E-state index contributed by atoms with van der Waals surface area (Å²) < 4.78 is 0. The number of hydrogen-bond donors (Lipinski definition) is 1. The predicted octanol–water partition coefficient (Wildman–Crippen LogP) is 3.07. The fourth-order valence-electron chi connectivity index (χ4n) is 0.957. The molecule has 0 saturated carbocycles. The van der Waals surface area contributed by atoms with E-state index in [1.807, 2.05) is 19.1 Å². The van der Waals surface area contributed by atoms with Gasteiger partial charge in [0.1, 0.15) is 6.10 Å². The van der Waals surface area contributed by atoms with Gasteiger partial charge in [0.25, 0.3) is 0 Å². The van der Waals surface area contributed by atoms with Crippen molar-refractivity contribution in [3.8, 4) is 23.7 Å². The molecule has 0 fully saturated rings. The lowest BCUT2D eigenvalue weighted by Gasteiger charge is -1.91. The molecule has 16 heavy (non-hydrogen) atoms. The van der Waals surface area contributed by atoms with Crippen molar-refractivity contribution in [2.75, 3.05) is 0 Å². The Bertz CT molecular complexity index is 317. The molecule has 0 bridgehead atoms. The Morgan fingerprint density at radius 3 is 2.75 bits per heavy atom. The largest absolute Gasteiger partial charge is 0.380 e. The van der Waals surface area contributed by atoms with Gasteiger partial charge < -0.3 is 5.11 Å². The molecule has 0 heterocycles. The third kappa shape index (κ3) is 10.6. The van der Waals surface area contributed by atoms with Crippen LogP contribution in [0.4, 0.5) is 0 Å². The standard InChI is InChI=1S/C15H20O/c1-3-5-6-7-8-9-10-11-12-13-14-15(16)4-2/h3,8-9,15-16H,1,4-7,10H2,2H3/b9-8+/t15-/m0/s1. The van der Waals surface area contributed by atoms with Gasteiger partial charge >= 0.3 is 0 Å². The van der Waals surface area contributed by atoms with Crippen LogP contribution in [0.3, 0.4) is 0 Å². The van der Waals surface area contributed by atoms with E-state index < -0.39 is 6.10 Å². The van der Waals surface area contributed by atoms with Gasteiger partial charge in [-0.15, -0.1) is 6.58 Å². The summed E-state index contributed by atoms with van der Waals surface area (Å²) in [6, 6.07) is 0. The highest BCUT2D eigenvalue weighted by atomic mass is 16.3. The number of unbranched alkanes of at least 4 members (excludes halogenated alkanes) is 2. The van der Waals surface area contributed by atoms with Crippen LogP contribution in [0.1, 0.15) is 39.0 Å². The lowest BCUT2D eigenvalue weighted by Crippen LogP contribution is -1.98. The van der Waals surface area contributed by atoms with E-state index in [1.165, 1.54) is 0 Å². The van der Waals surface area contributed by atoms with Gasteiger partial charge in [0, 0.05) is 6.42 Å². The maximum absolute atomic E-state index is 9.12. The molecule has 1 heteroatoms. The van der Waals surface area contributed by atoms with E-state index in [-0.39, 0.29) is 0 Å². The average Bonchev–Trinajstić information content (AvgIpc) is 2.31. The Kier molecular flexibility index (Phi) is 10.6. The molecule has 0 aliphatic carbocycles. The van der Waals surface area contributed by atoms with Crippen LogP contribution in [-0.2, 0) is 0 Å². The van der Waals surface area contributed by atoms with Gasteiger partial charge in [0.05, 0.1) is 0 Å². The van der Waals surface area contributed by atoms with Crippen LogP contribution in [-0.4, -0.2) is 11.2 Å². The monoisotopic (exact) mass is 216 g/mol. The van der Waals surface area contributed by atoms with Crippen LogP contribution in [0.25, 0.3) is 0 Å². The highest BCUT2D eigenvalue weighted by Crippen LogP contribution is 1.97. The summed E-state index contributed by atoms with van der Waals surface area (Å²) in [6.07, 6.45) is 10.2. The van der Waals surface area contributed by atoms with Gasteiger partial charge in [0.15, 0.2) is 0 Å². The first kappa shape index (κ1) is 14.6. The van der Waals surface area contributed by atoms with Crippen molar-refractivity contribution < 1.29 is 5.11 Å². The molecule has 0 amide bonds. The average molecular weight is 216 g/mol. The Hall–Kier alpha value is -1.44. The van der Waals surface area contributed by atoms with Crippen molar-refractivity contribution >= 4 is 0 Å². The number of hydrogen-bond acceptors (Lipinski definition) is 1. The van der Waals surface area contributed by atoms with Crippen LogP contribution in [0.15, 0.2) is 24.8 Å². The summed E-state index contributed by atoms with van der Waals surface area (Å²) >= 11 is 0. The maximum atomic E-state index is 9.12. The van der Waals surface area contributed by atoms with Gasteiger partial charge in [-0.05, 0) is 37.5 Å². The molecule has 0 unspecified atom stereocenters. The Morgan fingerprint density at radius 1 is 1.25 bits per heavy atom. The van der Waals surface area contributed by atoms with Crippen LogP contribution in [0.2, 0.25) is 0 Å². The highest BCUT2D eigenvalue weighted by Gasteiger charge is 1.88. The second-order valence-electron chi connectivity index (χ2n) is 3.39. The topological polar surface area (TPSA) is 20.2 Å². The van der Waals surface area contributed by atoms with Gasteiger partial charge in [-0.1, -0.05) is 37.0 Å².